The SMILES string of the molecule is CNC(=O)NC(=O)C(OC(=O)c1cccc(S(=O)(=O)N2CCCCCC2)c1)c1ccccc1. The van der Waals surface area contributed by atoms with Crippen LogP contribution in [-0.4, -0.2) is 50.8 Å². The Bertz CT molecular complexity index is 1100. The number of rotatable bonds is 6. The first kappa shape index (κ1) is 24.4. The third-order valence-electron chi connectivity index (χ3n) is 5.30. The number of amides is 3. The number of carbonyl (C=O) groups is 3. The number of nitrogens with one attached hydrogen (secondary N) is 2. The molecule has 0 spiro atoms. The Morgan fingerprint density at radius 3 is 2.24 bits per heavy atom. The predicted octanol–water partition coefficient (Wildman–Crippen LogP) is 2.60. The summed E-state index contributed by atoms with van der Waals surface area (Å²) < 4.78 is 33.0. The van der Waals surface area contributed by atoms with Crippen LogP contribution in [0.2, 0.25) is 0 Å². The molecule has 2 N–H and O–H groups in total. The Labute approximate surface area is 193 Å². The number of benzene rings is 2. The van der Waals surface area contributed by atoms with Crippen molar-refractivity contribution in [2.75, 3.05) is 20.1 Å². The minimum atomic E-state index is -3.76. The molecular weight excluding hydrogens is 446 g/mol. The molecule has 176 valence electrons. The van der Waals surface area contributed by atoms with Gasteiger partial charge in [0.05, 0.1) is 10.5 Å². The summed E-state index contributed by atoms with van der Waals surface area (Å²) in [6.45, 7) is 0.875. The number of hydrogen-bond acceptors (Lipinski definition) is 6. The summed E-state index contributed by atoms with van der Waals surface area (Å²) in [6.07, 6.45) is 2.15. The molecule has 1 fully saturated rings. The first-order valence-electron chi connectivity index (χ1n) is 10.7. The van der Waals surface area contributed by atoms with Gasteiger partial charge < -0.3 is 10.1 Å². The number of hydrogen-bond donors (Lipinski definition) is 2. The maximum atomic E-state index is 13.1. The van der Waals surface area contributed by atoms with Gasteiger partial charge in [-0.1, -0.05) is 49.2 Å². The van der Waals surface area contributed by atoms with Crippen molar-refractivity contribution in [2.24, 2.45) is 0 Å². The molecule has 10 heteroatoms. The molecule has 1 aliphatic heterocycles. The fraction of sp³-hybridized carbons (Fsp3) is 0.348. The summed E-state index contributed by atoms with van der Waals surface area (Å²) in [7, 11) is -2.41. The van der Waals surface area contributed by atoms with E-state index in [0.29, 0.717) is 18.7 Å². The molecule has 3 rings (SSSR count). The van der Waals surface area contributed by atoms with Gasteiger partial charge in [-0.3, -0.25) is 10.1 Å². The number of carbonyl (C=O) groups excluding carboxylic acids is 3. The minimum absolute atomic E-state index is 0.00933. The third kappa shape index (κ3) is 6.17. The zero-order valence-corrected chi connectivity index (χ0v) is 19.1. The maximum Gasteiger partial charge on any atom is 0.339 e. The van der Waals surface area contributed by atoms with Crippen LogP contribution in [0.25, 0.3) is 0 Å². The van der Waals surface area contributed by atoms with E-state index in [-0.39, 0.29) is 10.5 Å². The van der Waals surface area contributed by atoms with E-state index in [1.807, 2.05) is 0 Å². The van der Waals surface area contributed by atoms with Crippen LogP contribution in [0.15, 0.2) is 59.5 Å². The van der Waals surface area contributed by atoms with Gasteiger partial charge in [0.1, 0.15) is 0 Å². The number of nitrogens with zero attached hydrogens (tertiary/aromatic N) is 1. The molecule has 0 radical (unpaired) electrons. The molecule has 33 heavy (non-hydrogen) atoms. The number of sulfonamides is 1. The number of ether oxygens (including phenoxy) is 1. The lowest BCUT2D eigenvalue weighted by molar-refractivity contribution is -0.129. The van der Waals surface area contributed by atoms with Crippen LogP contribution in [0.3, 0.4) is 0 Å². The van der Waals surface area contributed by atoms with E-state index in [0.717, 1.165) is 25.7 Å². The van der Waals surface area contributed by atoms with Gasteiger partial charge in [0.15, 0.2) is 0 Å². The molecule has 2 aromatic rings. The van der Waals surface area contributed by atoms with Gasteiger partial charge in [-0.15, -0.1) is 0 Å². The molecular formula is C23H27N3O6S. The lowest BCUT2D eigenvalue weighted by Gasteiger charge is -2.20. The quantitative estimate of drug-likeness (QED) is 0.622. The highest BCUT2D eigenvalue weighted by atomic mass is 32.2. The number of esters is 1. The Balaban J connectivity index is 1.84. The molecule has 9 nitrogen and oxygen atoms in total. The Kier molecular flexibility index (Phi) is 8.18. The van der Waals surface area contributed by atoms with Gasteiger partial charge in [-0.2, -0.15) is 4.31 Å². The van der Waals surface area contributed by atoms with Gasteiger partial charge >= 0.3 is 12.0 Å². The Morgan fingerprint density at radius 2 is 1.61 bits per heavy atom. The molecule has 2 aromatic carbocycles. The molecule has 0 aromatic heterocycles. The fourth-order valence-electron chi connectivity index (χ4n) is 3.53. The first-order chi connectivity index (χ1) is 15.8. The maximum absolute atomic E-state index is 13.1. The second-order valence-electron chi connectivity index (χ2n) is 7.61. The van der Waals surface area contributed by atoms with Crippen molar-refractivity contribution >= 4 is 27.9 Å². The second kappa shape index (κ2) is 11.1. The molecule has 0 saturated carbocycles. The van der Waals surface area contributed by atoms with Crippen LogP contribution >= 0.6 is 0 Å². The molecule has 0 aliphatic carbocycles. The molecule has 1 heterocycles. The summed E-state index contributed by atoms with van der Waals surface area (Å²) >= 11 is 0. The van der Waals surface area contributed by atoms with Crippen LogP contribution in [-0.2, 0) is 19.6 Å². The monoisotopic (exact) mass is 473 g/mol. The van der Waals surface area contributed by atoms with Crippen LogP contribution in [0.1, 0.15) is 47.7 Å². The van der Waals surface area contributed by atoms with E-state index in [2.05, 4.69) is 10.6 Å². The molecule has 1 unspecified atom stereocenters. The van der Waals surface area contributed by atoms with Crippen molar-refractivity contribution in [1.82, 2.24) is 14.9 Å². The zero-order valence-electron chi connectivity index (χ0n) is 18.3. The van der Waals surface area contributed by atoms with E-state index in [1.165, 1.54) is 35.6 Å². The summed E-state index contributed by atoms with van der Waals surface area (Å²) in [5, 5.41) is 4.36. The Morgan fingerprint density at radius 1 is 0.939 bits per heavy atom. The van der Waals surface area contributed by atoms with Gasteiger partial charge in [0.2, 0.25) is 16.1 Å². The molecule has 0 bridgehead atoms. The smallest absolute Gasteiger partial charge is 0.339 e. The largest absolute Gasteiger partial charge is 0.444 e. The van der Waals surface area contributed by atoms with Crippen LogP contribution in [0.5, 0.6) is 0 Å². The fourth-order valence-corrected chi connectivity index (χ4v) is 5.09. The van der Waals surface area contributed by atoms with E-state index >= 15 is 0 Å². The zero-order chi connectivity index (χ0) is 23.8. The minimum Gasteiger partial charge on any atom is -0.444 e. The van der Waals surface area contributed by atoms with Crippen molar-refractivity contribution in [3.8, 4) is 0 Å². The van der Waals surface area contributed by atoms with Crippen molar-refractivity contribution in [2.45, 2.75) is 36.7 Å². The van der Waals surface area contributed by atoms with Crippen molar-refractivity contribution in [3.05, 3.63) is 65.7 Å². The van der Waals surface area contributed by atoms with Crippen LogP contribution < -0.4 is 10.6 Å². The van der Waals surface area contributed by atoms with E-state index < -0.39 is 34.0 Å². The second-order valence-corrected chi connectivity index (χ2v) is 9.55. The lowest BCUT2D eigenvalue weighted by atomic mass is 10.1. The number of imide groups is 1. The van der Waals surface area contributed by atoms with Crippen molar-refractivity contribution in [1.29, 1.82) is 0 Å². The topological polar surface area (TPSA) is 122 Å². The predicted molar refractivity (Wildman–Crippen MR) is 121 cm³/mol. The van der Waals surface area contributed by atoms with E-state index in [4.69, 9.17) is 4.74 Å². The highest BCUT2D eigenvalue weighted by molar-refractivity contribution is 7.89. The third-order valence-corrected chi connectivity index (χ3v) is 7.20. The summed E-state index contributed by atoms with van der Waals surface area (Å²) in [6, 6.07) is 13.0. The molecule has 1 aliphatic rings. The molecule has 1 saturated heterocycles. The summed E-state index contributed by atoms with van der Waals surface area (Å²) in [5.74, 6) is -1.72. The molecule has 1 atom stereocenters. The lowest BCUT2D eigenvalue weighted by Crippen LogP contribution is -2.41. The standard InChI is InChI=1S/C23H27N3O6S/c1-24-23(29)25-21(27)20(17-10-5-4-6-11-17)32-22(28)18-12-9-13-19(16-18)33(30,31)26-14-7-2-3-8-15-26/h4-6,9-13,16,20H,2-3,7-8,14-15H2,1H3,(H2,24,25,27,29). The van der Waals surface area contributed by atoms with Crippen LogP contribution in [0, 0.1) is 0 Å². The summed E-state index contributed by atoms with van der Waals surface area (Å²) in [4.78, 5) is 37.1. The first-order valence-corrected chi connectivity index (χ1v) is 12.2. The Hall–Kier alpha value is -3.24. The average Bonchev–Trinajstić information content (AvgIpc) is 3.13. The summed E-state index contributed by atoms with van der Waals surface area (Å²) in [5.41, 5.74) is 0.347. The van der Waals surface area contributed by atoms with Gasteiger partial charge in [0, 0.05) is 25.7 Å². The van der Waals surface area contributed by atoms with E-state index in [1.54, 1.807) is 30.3 Å². The average molecular weight is 474 g/mol. The highest BCUT2D eigenvalue weighted by Gasteiger charge is 2.29. The van der Waals surface area contributed by atoms with E-state index in [9.17, 15) is 22.8 Å². The van der Waals surface area contributed by atoms with Crippen molar-refractivity contribution < 1.29 is 27.5 Å². The highest BCUT2D eigenvalue weighted by Crippen LogP contribution is 2.23. The van der Waals surface area contributed by atoms with Crippen molar-refractivity contribution in [3.63, 3.8) is 0 Å². The normalized spacial score (nSPS) is 15.7. The molecule has 3 amide bonds. The van der Waals surface area contributed by atoms with Gasteiger partial charge in [-0.05, 0) is 31.0 Å². The van der Waals surface area contributed by atoms with Gasteiger partial charge in [-0.25, -0.2) is 18.0 Å². The number of urea groups is 1. The van der Waals surface area contributed by atoms with Gasteiger partial charge in [0.25, 0.3) is 5.91 Å². The van der Waals surface area contributed by atoms with Crippen LogP contribution in [0.4, 0.5) is 4.79 Å².